The van der Waals surface area contributed by atoms with E-state index in [1.165, 1.54) is 32.4 Å². The van der Waals surface area contributed by atoms with Crippen LogP contribution in [0.3, 0.4) is 0 Å². The van der Waals surface area contributed by atoms with Crippen LogP contribution >= 0.6 is 0 Å². The van der Waals surface area contributed by atoms with Crippen LogP contribution in [0.15, 0.2) is 42.5 Å². The fourth-order valence-electron chi connectivity index (χ4n) is 2.59. The lowest BCUT2D eigenvalue weighted by atomic mass is 10.1. The zero-order valence-corrected chi connectivity index (χ0v) is 17.3. The van der Waals surface area contributed by atoms with E-state index in [4.69, 9.17) is 18.9 Å². The lowest BCUT2D eigenvalue weighted by Gasteiger charge is -2.14. The van der Waals surface area contributed by atoms with Gasteiger partial charge in [0.25, 0.3) is 0 Å². The molecular weight excluding hydrogens is 392 g/mol. The molecule has 0 saturated carbocycles. The number of hydrogen-bond donors (Lipinski definition) is 1. The SMILES string of the molecule is COC(=O)c1ccc(OCC(O)CCOCc2ccc(OC)cc2)cc1C(=O)OC. The molecule has 0 bridgehead atoms. The largest absolute Gasteiger partial charge is 0.497 e. The number of benzene rings is 2. The first kappa shape index (κ1) is 23.2. The summed E-state index contributed by atoms with van der Waals surface area (Å²) in [5.41, 5.74) is 1.10. The summed E-state index contributed by atoms with van der Waals surface area (Å²) in [6, 6.07) is 11.9. The Morgan fingerprint density at radius 2 is 1.53 bits per heavy atom. The molecule has 0 saturated heterocycles. The first-order valence-corrected chi connectivity index (χ1v) is 9.30. The molecule has 0 aliphatic rings. The van der Waals surface area contributed by atoms with Crippen LogP contribution in [0.1, 0.15) is 32.7 Å². The molecule has 0 aliphatic carbocycles. The summed E-state index contributed by atoms with van der Waals surface area (Å²) in [6.07, 6.45) is -0.386. The zero-order valence-electron chi connectivity index (χ0n) is 17.3. The highest BCUT2D eigenvalue weighted by Gasteiger charge is 2.19. The maximum absolute atomic E-state index is 11.9. The van der Waals surface area contributed by atoms with Gasteiger partial charge >= 0.3 is 11.9 Å². The van der Waals surface area contributed by atoms with Crippen molar-refractivity contribution in [3.8, 4) is 11.5 Å². The van der Waals surface area contributed by atoms with Crippen LogP contribution < -0.4 is 9.47 Å². The Labute approximate surface area is 175 Å². The monoisotopic (exact) mass is 418 g/mol. The summed E-state index contributed by atoms with van der Waals surface area (Å²) in [7, 11) is 4.05. The molecule has 1 atom stereocenters. The lowest BCUT2D eigenvalue weighted by Crippen LogP contribution is -2.20. The number of carbonyl (C=O) groups excluding carboxylic acids is 2. The van der Waals surface area contributed by atoms with Gasteiger partial charge in [-0.05, 0) is 35.9 Å². The van der Waals surface area contributed by atoms with Gasteiger partial charge < -0.3 is 28.8 Å². The number of carbonyl (C=O) groups is 2. The summed E-state index contributed by atoms with van der Waals surface area (Å²) in [6.45, 7) is 0.782. The fraction of sp³-hybridized carbons (Fsp3) is 0.364. The van der Waals surface area contributed by atoms with Crippen molar-refractivity contribution in [1.82, 2.24) is 0 Å². The highest BCUT2D eigenvalue weighted by Crippen LogP contribution is 2.20. The van der Waals surface area contributed by atoms with Crippen molar-refractivity contribution >= 4 is 11.9 Å². The normalized spacial score (nSPS) is 11.5. The van der Waals surface area contributed by atoms with Crippen LogP contribution in [0.5, 0.6) is 11.5 Å². The lowest BCUT2D eigenvalue weighted by molar-refractivity contribution is 0.0494. The predicted molar refractivity (Wildman–Crippen MR) is 108 cm³/mol. The van der Waals surface area contributed by atoms with Gasteiger partial charge in [0.05, 0.1) is 45.2 Å². The van der Waals surface area contributed by atoms with E-state index in [-0.39, 0.29) is 17.7 Å². The van der Waals surface area contributed by atoms with Crippen LogP contribution in [0.4, 0.5) is 0 Å². The van der Waals surface area contributed by atoms with Gasteiger partial charge in [0, 0.05) is 13.0 Å². The van der Waals surface area contributed by atoms with Crippen LogP contribution in [-0.4, -0.2) is 57.7 Å². The van der Waals surface area contributed by atoms with Crippen molar-refractivity contribution in [2.75, 3.05) is 34.5 Å². The second-order valence-electron chi connectivity index (χ2n) is 6.34. The van der Waals surface area contributed by atoms with Crippen LogP contribution in [0, 0.1) is 0 Å². The van der Waals surface area contributed by atoms with Crippen molar-refractivity contribution < 1.29 is 38.4 Å². The molecule has 162 valence electrons. The van der Waals surface area contributed by atoms with Gasteiger partial charge in [-0.1, -0.05) is 12.1 Å². The summed E-state index contributed by atoms with van der Waals surface area (Å²) in [4.78, 5) is 23.7. The molecular formula is C22H26O8. The molecule has 0 aliphatic heterocycles. The van der Waals surface area contributed by atoms with Gasteiger partial charge in [-0.15, -0.1) is 0 Å². The number of esters is 2. The third-order valence-corrected chi connectivity index (χ3v) is 4.27. The van der Waals surface area contributed by atoms with Crippen LogP contribution in [-0.2, 0) is 20.8 Å². The Kier molecular flexibility index (Phi) is 9.11. The van der Waals surface area contributed by atoms with Crippen molar-refractivity contribution in [1.29, 1.82) is 0 Å². The molecule has 0 spiro atoms. The number of ether oxygens (including phenoxy) is 5. The summed E-state index contributed by atoms with van der Waals surface area (Å²) in [5.74, 6) is -0.244. The van der Waals surface area contributed by atoms with Crippen molar-refractivity contribution in [3.63, 3.8) is 0 Å². The van der Waals surface area contributed by atoms with E-state index in [1.54, 1.807) is 7.11 Å². The van der Waals surface area contributed by atoms with Gasteiger partial charge in [-0.25, -0.2) is 9.59 Å². The fourth-order valence-corrected chi connectivity index (χ4v) is 2.59. The molecule has 30 heavy (non-hydrogen) atoms. The van der Waals surface area contributed by atoms with Crippen molar-refractivity contribution in [2.24, 2.45) is 0 Å². The third kappa shape index (κ3) is 6.75. The highest BCUT2D eigenvalue weighted by molar-refractivity contribution is 6.03. The molecule has 0 fully saturated rings. The van der Waals surface area contributed by atoms with E-state index >= 15 is 0 Å². The smallest absolute Gasteiger partial charge is 0.338 e. The minimum Gasteiger partial charge on any atom is -0.497 e. The molecule has 0 heterocycles. The van der Waals surface area contributed by atoms with Crippen molar-refractivity contribution in [3.05, 3.63) is 59.2 Å². The Morgan fingerprint density at radius 3 is 2.17 bits per heavy atom. The topological polar surface area (TPSA) is 101 Å². The minimum absolute atomic E-state index is 0.00405. The van der Waals surface area contributed by atoms with E-state index in [9.17, 15) is 14.7 Å². The van der Waals surface area contributed by atoms with E-state index in [1.807, 2.05) is 24.3 Å². The van der Waals surface area contributed by atoms with E-state index in [0.717, 1.165) is 11.3 Å². The number of hydrogen-bond acceptors (Lipinski definition) is 8. The quantitative estimate of drug-likeness (QED) is 0.439. The van der Waals surface area contributed by atoms with E-state index < -0.39 is 18.0 Å². The van der Waals surface area contributed by atoms with Gasteiger partial charge in [0.15, 0.2) is 0 Å². The van der Waals surface area contributed by atoms with E-state index in [0.29, 0.717) is 25.4 Å². The molecule has 0 radical (unpaired) electrons. The number of rotatable bonds is 11. The maximum atomic E-state index is 11.9. The van der Waals surface area contributed by atoms with Crippen LogP contribution in [0.2, 0.25) is 0 Å². The van der Waals surface area contributed by atoms with Gasteiger partial charge in [0.1, 0.15) is 18.1 Å². The van der Waals surface area contributed by atoms with E-state index in [2.05, 4.69) is 4.74 Å². The number of aliphatic hydroxyl groups is 1. The first-order valence-electron chi connectivity index (χ1n) is 9.30. The second kappa shape index (κ2) is 11.8. The van der Waals surface area contributed by atoms with Gasteiger partial charge in [-0.3, -0.25) is 0 Å². The van der Waals surface area contributed by atoms with Gasteiger partial charge in [-0.2, -0.15) is 0 Å². The summed E-state index contributed by atoms with van der Waals surface area (Å²) < 4.78 is 25.6. The van der Waals surface area contributed by atoms with Gasteiger partial charge in [0.2, 0.25) is 0 Å². The van der Waals surface area contributed by atoms with Crippen LogP contribution in [0.25, 0.3) is 0 Å². The zero-order chi connectivity index (χ0) is 21.9. The molecule has 0 amide bonds. The molecule has 0 aromatic heterocycles. The highest BCUT2D eigenvalue weighted by atomic mass is 16.5. The predicted octanol–water partition coefficient (Wildman–Crippen LogP) is 2.62. The number of methoxy groups -OCH3 is 3. The minimum atomic E-state index is -0.761. The Morgan fingerprint density at radius 1 is 0.900 bits per heavy atom. The first-order chi connectivity index (χ1) is 14.5. The molecule has 8 nitrogen and oxygen atoms in total. The maximum Gasteiger partial charge on any atom is 0.338 e. The molecule has 2 aromatic carbocycles. The molecule has 2 rings (SSSR count). The third-order valence-electron chi connectivity index (χ3n) is 4.27. The molecule has 1 unspecified atom stereocenters. The summed E-state index contributed by atoms with van der Waals surface area (Å²) >= 11 is 0. The van der Waals surface area contributed by atoms with Crippen molar-refractivity contribution in [2.45, 2.75) is 19.1 Å². The Balaban J connectivity index is 1.81. The summed E-state index contributed by atoms with van der Waals surface area (Å²) in [5, 5.41) is 10.1. The molecule has 2 aromatic rings. The molecule has 8 heteroatoms. The Hall–Kier alpha value is -3.10. The average molecular weight is 418 g/mol. The standard InChI is InChI=1S/C22H26O8/c1-26-17-6-4-15(5-7-17)13-29-11-10-16(23)14-30-18-8-9-19(21(24)27-2)20(12-18)22(25)28-3/h4-9,12,16,23H,10-11,13-14H2,1-3H3. The molecule has 1 N–H and O–H groups in total. The average Bonchev–Trinajstić information content (AvgIpc) is 2.79. The number of aliphatic hydroxyl groups excluding tert-OH is 1. The Bertz CT molecular complexity index is 832. The second-order valence-corrected chi connectivity index (χ2v) is 6.34.